The fourth-order valence-corrected chi connectivity index (χ4v) is 2.94. The maximum Gasteiger partial charge on any atom is 0.239 e. The van der Waals surface area contributed by atoms with Crippen molar-refractivity contribution >= 4 is 34.5 Å². The van der Waals surface area contributed by atoms with Crippen molar-refractivity contribution in [2.75, 3.05) is 19.0 Å². The third-order valence-corrected chi connectivity index (χ3v) is 4.73. The third kappa shape index (κ3) is 4.15. The molecule has 4 nitrogen and oxygen atoms in total. The minimum Gasteiger partial charge on any atom is -0.495 e. The summed E-state index contributed by atoms with van der Waals surface area (Å²) in [5.74, 6) is 0.547. The highest BCUT2D eigenvalue weighted by Crippen LogP contribution is 2.30. The van der Waals surface area contributed by atoms with Gasteiger partial charge in [0.1, 0.15) is 5.75 Å². The Hall–Kier alpha value is -1.72. The summed E-state index contributed by atoms with van der Waals surface area (Å²) >= 11 is 7.69. The van der Waals surface area contributed by atoms with E-state index in [2.05, 4.69) is 10.6 Å². The first-order valence-corrected chi connectivity index (χ1v) is 8.17. The average Bonchev–Trinajstić information content (AvgIpc) is 3.02. The fourth-order valence-electron chi connectivity index (χ4n) is 2.05. The molecule has 2 rings (SSSR count). The van der Waals surface area contributed by atoms with Crippen molar-refractivity contribution in [3.05, 3.63) is 45.1 Å². The number of benzene rings is 1. The summed E-state index contributed by atoms with van der Waals surface area (Å²) < 4.78 is 5.28. The topological polar surface area (TPSA) is 50.4 Å². The van der Waals surface area contributed by atoms with Gasteiger partial charge in [-0.05, 0) is 36.9 Å². The summed E-state index contributed by atoms with van der Waals surface area (Å²) in [6, 6.07) is 7.60. The monoisotopic (exact) mass is 338 g/mol. The van der Waals surface area contributed by atoms with Crippen molar-refractivity contribution in [1.82, 2.24) is 5.32 Å². The van der Waals surface area contributed by atoms with Crippen LogP contribution in [0, 0.1) is 6.92 Å². The van der Waals surface area contributed by atoms with Gasteiger partial charge >= 0.3 is 0 Å². The average molecular weight is 339 g/mol. The number of amides is 1. The number of hydrogen-bond donors (Lipinski definition) is 2. The molecule has 1 unspecified atom stereocenters. The zero-order valence-corrected chi connectivity index (χ0v) is 14.3. The van der Waals surface area contributed by atoms with E-state index in [-0.39, 0.29) is 18.5 Å². The standard InChI is InChI=1S/C16H19ClN2O2S/c1-10-7-13(14(21-3)8-12(10)17)18-9-16(20)19-11(2)15-5-4-6-22-15/h4-8,11,18H,9H2,1-3H3,(H,19,20). The summed E-state index contributed by atoms with van der Waals surface area (Å²) in [6.07, 6.45) is 0. The number of aryl methyl sites for hydroxylation is 1. The molecule has 0 aliphatic heterocycles. The van der Waals surface area contributed by atoms with Crippen LogP contribution in [-0.4, -0.2) is 19.6 Å². The molecule has 0 spiro atoms. The summed E-state index contributed by atoms with van der Waals surface area (Å²) in [6.45, 7) is 4.05. The molecule has 2 aromatic rings. The largest absolute Gasteiger partial charge is 0.495 e. The van der Waals surface area contributed by atoms with Crippen molar-refractivity contribution in [3.8, 4) is 5.75 Å². The molecule has 2 N–H and O–H groups in total. The molecule has 1 atom stereocenters. The molecule has 0 saturated carbocycles. The quantitative estimate of drug-likeness (QED) is 0.836. The van der Waals surface area contributed by atoms with Crippen molar-refractivity contribution < 1.29 is 9.53 Å². The van der Waals surface area contributed by atoms with E-state index < -0.39 is 0 Å². The van der Waals surface area contributed by atoms with E-state index in [1.807, 2.05) is 37.4 Å². The number of ether oxygens (including phenoxy) is 1. The van der Waals surface area contributed by atoms with Gasteiger partial charge in [0.05, 0.1) is 25.4 Å². The Bertz CT molecular complexity index is 644. The van der Waals surface area contributed by atoms with Gasteiger partial charge < -0.3 is 15.4 Å². The number of methoxy groups -OCH3 is 1. The third-order valence-electron chi connectivity index (χ3n) is 3.27. The second kappa shape index (κ2) is 7.51. The zero-order chi connectivity index (χ0) is 16.1. The van der Waals surface area contributed by atoms with Crippen LogP contribution in [-0.2, 0) is 4.79 Å². The molecule has 0 fully saturated rings. The number of carbonyl (C=O) groups is 1. The molecule has 0 aliphatic rings. The molecule has 6 heteroatoms. The van der Waals surface area contributed by atoms with Gasteiger partial charge in [0, 0.05) is 16.0 Å². The van der Waals surface area contributed by atoms with E-state index in [4.69, 9.17) is 16.3 Å². The molecule has 118 valence electrons. The number of thiophene rings is 1. The summed E-state index contributed by atoms with van der Waals surface area (Å²) in [7, 11) is 1.57. The van der Waals surface area contributed by atoms with Crippen LogP contribution in [0.3, 0.4) is 0 Å². The van der Waals surface area contributed by atoms with Crippen LogP contribution in [0.5, 0.6) is 5.75 Å². The first-order chi connectivity index (χ1) is 10.5. The lowest BCUT2D eigenvalue weighted by Crippen LogP contribution is -2.31. The van der Waals surface area contributed by atoms with Crippen LogP contribution < -0.4 is 15.4 Å². The van der Waals surface area contributed by atoms with Gasteiger partial charge in [-0.15, -0.1) is 11.3 Å². The smallest absolute Gasteiger partial charge is 0.239 e. The Morgan fingerprint density at radius 2 is 2.23 bits per heavy atom. The van der Waals surface area contributed by atoms with Crippen LogP contribution in [0.15, 0.2) is 29.6 Å². The highest BCUT2D eigenvalue weighted by molar-refractivity contribution is 7.10. The number of rotatable bonds is 6. The van der Waals surface area contributed by atoms with Gasteiger partial charge in [-0.2, -0.15) is 0 Å². The predicted molar refractivity (Wildman–Crippen MR) is 92.1 cm³/mol. The van der Waals surface area contributed by atoms with Gasteiger partial charge in [-0.3, -0.25) is 4.79 Å². The van der Waals surface area contributed by atoms with Crippen molar-refractivity contribution in [1.29, 1.82) is 0 Å². The Morgan fingerprint density at radius 1 is 1.45 bits per heavy atom. The Morgan fingerprint density at radius 3 is 2.86 bits per heavy atom. The van der Waals surface area contributed by atoms with Gasteiger partial charge in [0.25, 0.3) is 0 Å². The van der Waals surface area contributed by atoms with E-state index in [1.54, 1.807) is 24.5 Å². The molecule has 1 aromatic carbocycles. The highest BCUT2D eigenvalue weighted by atomic mass is 35.5. The van der Waals surface area contributed by atoms with Crippen LogP contribution in [0.4, 0.5) is 5.69 Å². The Kier molecular flexibility index (Phi) is 5.69. The first-order valence-electron chi connectivity index (χ1n) is 6.92. The van der Waals surface area contributed by atoms with E-state index >= 15 is 0 Å². The lowest BCUT2D eigenvalue weighted by atomic mass is 10.2. The molecule has 0 aliphatic carbocycles. The van der Waals surface area contributed by atoms with Crippen LogP contribution in [0.2, 0.25) is 5.02 Å². The molecule has 0 bridgehead atoms. The summed E-state index contributed by atoms with van der Waals surface area (Å²) in [5, 5.41) is 8.68. The summed E-state index contributed by atoms with van der Waals surface area (Å²) in [4.78, 5) is 13.2. The second-order valence-electron chi connectivity index (χ2n) is 4.96. The number of halogens is 1. The number of carbonyl (C=O) groups excluding carboxylic acids is 1. The number of hydrogen-bond acceptors (Lipinski definition) is 4. The van der Waals surface area contributed by atoms with Crippen LogP contribution in [0.25, 0.3) is 0 Å². The van der Waals surface area contributed by atoms with Gasteiger partial charge in [-0.1, -0.05) is 17.7 Å². The Balaban J connectivity index is 1.95. The van der Waals surface area contributed by atoms with E-state index in [0.29, 0.717) is 10.8 Å². The number of anilines is 1. The second-order valence-corrected chi connectivity index (χ2v) is 6.35. The predicted octanol–water partition coefficient (Wildman–Crippen LogP) is 4.01. The zero-order valence-electron chi connectivity index (χ0n) is 12.8. The first kappa shape index (κ1) is 16.6. The van der Waals surface area contributed by atoms with Gasteiger partial charge in [0.15, 0.2) is 0 Å². The minimum absolute atomic E-state index is 0.00292. The maximum atomic E-state index is 12.0. The highest BCUT2D eigenvalue weighted by Gasteiger charge is 2.12. The van der Waals surface area contributed by atoms with Crippen molar-refractivity contribution in [3.63, 3.8) is 0 Å². The molecular formula is C16H19ClN2O2S. The minimum atomic E-state index is -0.0736. The van der Waals surface area contributed by atoms with Crippen LogP contribution in [0.1, 0.15) is 23.4 Å². The summed E-state index contributed by atoms with van der Waals surface area (Å²) in [5.41, 5.74) is 1.68. The Labute approximate surface area is 139 Å². The van der Waals surface area contributed by atoms with E-state index in [9.17, 15) is 4.79 Å². The van der Waals surface area contributed by atoms with Crippen molar-refractivity contribution in [2.24, 2.45) is 0 Å². The van der Waals surface area contributed by atoms with E-state index in [1.165, 1.54) is 0 Å². The molecular weight excluding hydrogens is 320 g/mol. The van der Waals surface area contributed by atoms with Gasteiger partial charge in [0.2, 0.25) is 5.91 Å². The van der Waals surface area contributed by atoms with Crippen molar-refractivity contribution in [2.45, 2.75) is 19.9 Å². The van der Waals surface area contributed by atoms with Gasteiger partial charge in [-0.25, -0.2) is 0 Å². The molecule has 1 heterocycles. The molecule has 22 heavy (non-hydrogen) atoms. The maximum absolute atomic E-state index is 12.0. The number of nitrogens with one attached hydrogen (secondary N) is 2. The normalized spacial score (nSPS) is 11.8. The SMILES string of the molecule is COc1cc(Cl)c(C)cc1NCC(=O)NC(C)c1cccs1. The molecule has 0 saturated heterocycles. The van der Waals surface area contributed by atoms with Crippen LogP contribution >= 0.6 is 22.9 Å². The fraction of sp³-hybridized carbons (Fsp3) is 0.312. The molecule has 0 radical (unpaired) electrons. The molecule has 1 aromatic heterocycles. The molecule has 1 amide bonds. The lowest BCUT2D eigenvalue weighted by Gasteiger charge is -2.15. The van der Waals surface area contributed by atoms with E-state index in [0.717, 1.165) is 16.1 Å². The lowest BCUT2D eigenvalue weighted by molar-refractivity contribution is -0.120.